The maximum Gasteiger partial charge on any atom is 0.0621 e. The van der Waals surface area contributed by atoms with Crippen molar-refractivity contribution in [3.05, 3.63) is 29.0 Å². The van der Waals surface area contributed by atoms with Crippen LogP contribution in [0.3, 0.4) is 0 Å². The molecule has 20 heavy (non-hydrogen) atoms. The second kappa shape index (κ2) is 7.99. The molecule has 0 spiro atoms. The zero-order valence-electron chi connectivity index (χ0n) is 12.7. The highest BCUT2D eigenvalue weighted by Crippen LogP contribution is 2.35. The molecule has 1 N–H and O–H groups in total. The quantitative estimate of drug-likeness (QED) is 0.837. The van der Waals surface area contributed by atoms with E-state index in [0.29, 0.717) is 12.0 Å². The summed E-state index contributed by atoms with van der Waals surface area (Å²) in [6, 6.07) is 2.73. The second-order valence-electron chi connectivity index (χ2n) is 6.06. The molecule has 1 aromatic heterocycles. The first-order valence-electron chi connectivity index (χ1n) is 8.06. The molecule has 0 aliphatic heterocycles. The number of rotatable bonds is 6. The standard InChI is InChI=1S/C17H27ClN2/c1-3-5-13-6-7-17(20-4-2)15(10-13)11-14-8-9-19-12-16(14)18/h8-9,12-13,15,17,20H,3-7,10-11H2,1-2H3. The van der Waals surface area contributed by atoms with Crippen LogP contribution in [-0.4, -0.2) is 17.6 Å². The van der Waals surface area contributed by atoms with Gasteiger partial charge in [-0.3, -0.25) is 4.98 Å². The second-order valence-corrected chi connectivity index (χ2v) is 6.47. The molecule has 0 amide bonds. The summed E-state index contributed by atoms with van der Waals surface area (Å²) in [6.45, 7) is 5.56. The molecule has 1 aromatic rings. The Morgan fingerprint density at radius 1 is 1.35 bits per heavy atom. The van der Waals surface area contributed by atoms with Gasteiger partial charge in [-0.25, -0.2) is 0 Å². The van der Waals surface area contributed by atoms with Crippen molar-refractivity contribution in [1.82, 2.24) is 10.3 Å². The molecule has 2 rings (SSSR count). The fourth-order valence-electron chi connectivity index (χ4n) is 3.64. The van der Waals surface area contributed by atoms with E-state index in [2.05, 4.69) is 30.2 Å². The Morgan fingerprint density at radius 3 is 2.90 bits per heavy atom. The highest BCUT2D eigenvalue weighted by molar-refractivity contribution is 6.31. The van der Waals surface area contributed by atoms with E-state index < -0.39 is 0 Å². The molecule has 0 saturated heterocycles. The number of nitrogens with one attached hydrogen (secondary N) is 1. The Labute approximate surface area is 128 Å². The number of aromatic nitrogens is 1. The Hall–Kier alpha value is -0.600. The Morgan fingerprint density at radius 2 is 2.20 bits per heavy atom. The van der Waals surface area contributed by atoms with Crippen LogP contribution in [-0.2, 0) is 6.42 Å². The molecule has 0 aromatic carbocycles. The average molecular weight is 295 g/mol. The molecule has 3 unspecified atom stereocenters. The summed E-state index contributed by atoms with van der Waals surface area (Å²) in [5.74, 6) is 1.61. The first-order chi connectivity index (χ1) is 9.74. The van der Waals surface area contributed by atoms with Crippen molar-refractivity contribution >= 4 is 11.6 Å². The molecular weight excluding hydrogens is 268 g/mol. The molecule has 1 fully saturated rings. The third-order valence-corrected chi connectivity index (χ3v) is 4.93. The van der Waals surface area contributed by atoms with E-state index in [-0.39, 0.29) is 0 Å². The fraction of sp³-hybridized carbons (Fsp3) is 0.706. The van der Waals surface area contributed by atoms with Crippen LogP contribution in [0.2, 0.25) is 5.02 Å². The SMILES string of the molecule is CCCC1CCC(NCC)C(Cc2ccncc2Cl)C1. The third kappa shape index (κ3) is 4.20. The van der Waals surface area contributed by atoms with E-state index in [1.165, 1.54) is 37.7 Å². The van der Waals surface area contributed by atoms with E-state index in [1.807, 2.05) is 6.20 Å². The van der Waals surface area contributed by atoms with Crippen molar-refractivity contribution in [2.45, 2.75) is 58.4 Å². The maximum atomic E-state index is 6.28. The van der Waals surface area contributed by atoms with Crippen molar-refractivity contribution in [2.75, 3.05) is 6.54 Å². The van der Waals surface area contributed by atoms with Crippen LogP contribution >= 0.6 is 11.6 Å². The van der Waals surface area contributed by atoms with Gasteiger partial charge in [0, 0.05) is 18.4 Å². The summed E-state index contributed by atoms with van der Waals surface area (Å²) in [5.41, 5.74) is 1.26. The maximum absolute atomic E-state index is 6.28. The summed E-state index contributed by atoms with van der Waals surface area (Å²) in [5, 5.41) is 4.50. The van der Waals surface area contributed by atoms with Crippen LogP contribution in [0.5, 0.6) is 0 Å². The molecule has 1 heterocycles. The lowest BCUT2D eigenvalue weighted by Gasteiger charge is -2.37. The summed E-state index contributed by atoms with van der Waals surface area (Å²) < 4.78 is 0. The minimum Gasteiger partial charge on any atom is -0.314 e. The van der Waals surface area contributed by atoms with Gasteiger partial charge in [0.1, 0.15) is 0 Å². The Balaban J connectivity index is 2.05. The van der Waals surface area contributed by atoms with E-state index in [9.17, 15) is 0 Å². The summed E-state index contributed by atoms with van der Waals surface area (Å²) in [4.78, 5) is 4.09. The average Bonchev–Trinajstić information content (AvgIpc) is 2.45. The van der Waals surface area contributed by atoms with Crippen LogP contribution in [0, 0.1) is 11.8 Å². The smallest absolute Gasteiger partial charge is 0.0621 e. The van der Waals surface area contributed by atoms with Crippen molar-refractivity contribution in [2.24, 2.45) is 11.8 Å². The molecule has 0 bridgehead atoms. The predicted molar refractivity (Wildman–Crippen MR) is 86.2 cm³/mol. The van der Waals surface area contributed by atoms with Gasteiger partial charge in [0.15, 0.2) is 0 Å². The highest BCUT2D eigenvalue weighted by Gasteiger charge is 2.29. The zero-order chi connectivity index (χ0) is 14.4. The van der Waals surface area contributed by atoms with E-state index in [0.717, 1.165) is 23.9 Å². The minimum atomic E-state index is 0.650. The monoisotopic (exact) mass is 294 g/mol. The van der Waals surface area contributed by atoms with E-state index in [4.69, 9.17) is 11.6 Å². The lowest BCUT2D eigenvalue weighted by molar-refractivity contribution is 0.195. The fourth-order valence-corrected chi connectivity index (χ4v) is 3.84. The van der Waals surface area contributed by atoms with Gasteiger partial charge in [-0.1, -0.05) is 38.3 Å². The summed E-state index contributed by atoms with van der Waals surface area (Å²) in [6.07, 6.45) is 11.4. The number of nitrogens with zero attached hydrogens (tertiary/aromatic N) is 1. The van der Waals surface area contributed by atoms with Crippen molar-refractivity contribution < 1.29 is 0 Å². The molecule has 1 aliphatic carbocycles. The summed E-state index contributed by atoms with van der Waals surface area (Å²) in [7, 11) is 0. The Bertz CT molecular complexity index is 408. The molecule has 3 heteroatoms. The van der Waals surface area contributed by atoms with Crippen molar-refractivity contribution in [3.63, 3.8) is 0 Å². The molecule has 1 saturated carbocycles. The van der Waals surface area contributed by atoms with Crippen LogP contribution < -0.4 is 5.32 Å². The van der Waals surface area contributed by atoms with Gasteiger partial charge in [0.05, 0.1) is 5.02 Å². The molecule has 1 aliphatic rings. The first kappa shape index (κ1) is 15.8. The summed E-state index contributed by atoms with van der Waals surface area (Å²) >= 11 is 6.28. The first-order valence-corrected chi connectivity index (χ1v) is 8.44. The van der Waals surface area contributed by atoms with Gasteiger partial charge >= 0.3 is 0 Å². The van der Waals surface area contributed by atoms with Gasteiger partial charge in [0.2, 0.25) is 0 Å². The van der Waals surface area contributed by atoms with Gasteiger partial charge < -0.3 is 5.32 Å². The normalized spacial score (nSPS) is 26.6. The van der Waals surface area contributed by atoms with Gasteiger partial charge in [0.25, 0.3) is 0 Å². The van der Waals surface area contributed by atoms with Gasteiger partial charge in [-0.05, 0) is 55.7 Å². The Kier molecular flexibility index (Phi) is 6.31. The van der Waals surface area contributed by atoms with E-state index >= 15 is 0 Å². The van der Waals surface area contributed by atoms with Gasteiger partial charge in [-0.2, -0.15) is 0 Å². The lowest BCUT2D eigenvalue weighted by Crippen LogP contribution is -2.41. The van der Waals surface area contributed by atoms with Crippen molar-refractivity contribution in [1.29, 1.82) is 0 Å². The third-order valence-electron chi connectivity index (χ3n) is 4.59. The van der Waals surface area contributed by atoms with Crippen LogP contribution in [0.25, 0.3) is 0 Å². The number of hydrogen-bond donors (Lipinski definition) is 1. The van der Waals surface area contributed by atoms with Crippen LogP contribution in [0.15, 0.2) is 18.5 Å². The zero-order valence-corrected chi connectivity index (χ0v) is 13.5. The molecule has 2 nitrogen and oxygen atoms in total. The molecule has 3 atom stereocenters. The molecule has 112 valence electrons. The van der Waals surface area contributed by atoms with E-state index in [1.54, 1.807) is 6.20 Å². The number of halogens is 1. The minimum absolute atomic E-state index is 0.650. The van der Waals surface area contributed by atoms with Gasteiger partial charge in [-0.15, -0.1) is 0 Å². The van der Waals surface area contributed by atoms with Crippen LogP contribution in [0.4, 0.5) is 0 Å². The highest BCUT2D eigenvalue weighted by atomic mass is 35.5. The molecule has 0 radical (unpaired) electrons. The number of hydrogen-bond acceptors (Lipinski definition) is 2. The predicted octanol–water partition coefficient (Wildman–Crippen LogP) is 4.47. The lowest BCUT2D eigenvalue weighted by atomic mass is 9.74. The number of pyridine rings is 1. The largest absolute Gasteiger partial charge is 0.314 e. The molecular formula is C17H27ClN2. The topological polar surface area (TPSA) is 24.9 Å². The van der Waals surface area contributed by atoms with Crippen molar-refractivity contribution in [3.8, 4) is 0 Å². The van der Waals surface area contributed by atoms with Crippen LogP contribution in [0.1, 0.15) is 51.5 Å².